The lowest BCUT2D eigenvalue weighted by Crippen LogP contribution is -2.24. The van der Waals surface area contributed by atoms with Gasteiger partial charge >= 0.3 is 0 Å². The van der Waals surface area contributed by atoms with Crippen molar-refractivity contribution in [1.82, 2.24) is 4.90 Å². The number of carbonyl (C=O) groups excluding carboxylic acids is 1. The van der Waals surface area contributed by atoms with Crippen LogP contribution in [0, 0.1) is 0 Å². The molecule has 0 radical (unpaired) electrons. The van der Waals surface area contributed by atoms with E-state index in [9.17, 15) is 4.79 Å². The monoisotopic (exact) mass is 243 g/mol. The van der Waals surface area contributed by atoms with Crippen molar-refractivity contribution >= 4 is 15.4 Å². The Balaban J connectivity index is 2.29. The van der Waals surface area contributed by atoms with E-state index in [1.54, 1.807) is 4.90 Å². The van der Waals surface area contributed by atoms with E-state index in [1.165, 1.54) is 0 Å². The second kappa shape index (κ2) is 7.59. The molecule has 1 aliphatic rings. The van der Waals surface area contributed by atoms with Crippen LogP contribution in [0.3, 0.4) is 0 Å². The predicted molar refractivity (Wildman–Crippen MR) is 65.7 cm³/mol. The van der Waals surface area contributed by atoms with Gasteiger partial charge in [-0.3, -0.25) is 4.79 Å². The molecule has 0 atom stereocenters. The molecule has 0 saturated carbocycles. The predicted octanol–water partition coefficient (Wildman–Crippen LogP) is 0.605. The number of nitrogens with zero attached hydrogens (tertiary/aromatic N) is 1. The van der Waals surface area contributed by atoms with E-state index in [1.807, 2.05) is 20.0 Å². The Hall–Kier alpha value is -0.653. The van der Waals surface area contributed by atoms with Crippen LogP contribution in [-0.4, -0.2) is 46.0 Å². The second-order valence-corrected chi connectivity index (χ2v) is 5.26. The highest BCUT2D eigenvalue weighted by molar-refractivity contribution is 6.43. The highest BCUT2D eigenvalue weighted by Gasteiger charge is 2.17. The number of likely N-dealkylation sites (tertiary alicyclic amines) is 1. The first-order valence-corrected chi connectivity index (χ1v) is 7.60. The summed E-state index contributed by atoms with van der Waals surface area (Å²) in [5, 5.41) is 0. The minimum Gasteiger partial charge on any atom is -0.357 e. The number of carbonyl (C=O) groups is 1. The van der Waals surface area contributed by atoms with Crippen molar-refractivity contribution in [3.8, 4) is 0 Å². The Bertz CT molecular complexity index is 239. The average Bonchev–Trinajstić information content (AvgIpc) is 2.65. The summed E-state index contributed by atoms with van der Waals surface area (Å²) in [5.41, 5.74) is 2.08. The highest BCUT2D eigenvalue weighted by atomic mass is 28.2. The summed E-state index contributed by atoms with van der Waals surface area (Å²) in [6.07, 6.45) is 3.57. The average molecular weight is 243 g/mol. The van der Waals surface area contributed by atoms with Gasteiger partial charge in [0.15, 0.2) is 0 Å². The van der Waals surface area contributed by atoms with E-state index in [0.29, 0.717) is 19.6 Å². The van der Waals surface area contributed by atoms with Gasteiger partial charge in [-0.25, -0.2) is 0 Å². The molecule has 16 heavy (non-hydrogen) atoms. The zero-order valence-electron chi connectivity index (χ0n) is 10.1. The maximum Gasteiger partial charge on any atom is 0.226 e. The Morgan fingerprint density at radius 1 is 1.44 bits per heavy atom. The maximum absolute atomic E-state index is 11.3. The van der Waals surface area contributed by atoms with Crippen LogP contribution in [0.5, 0.6) is 0 Å². The fourth-order valence-electron chi connectivity index (χ4n) is 1.68. The van der Waals surface area contributed by atoms with Crippen LogP contribution in [0.2, 0.25) is 0 Å². The summed E-state index contributed by atoms with van der Waals surface area (Å²) in [6, 6.07) is 0. The van der Waals surface area contributed by atoms with Crippen molar-refractivity contribution < 1.29 is 14.3 Å². The summed E-state index contributed by atoms with van der Waals surface area (Å²) in [5.74, 6) is 0.179. The van der Waals surface area contributed by atoms with Gasteiger partial charge < -0.3 is 14.4 Å². The molecule has 1 saturated heterocycles. The SMILES string of the molecule is CCOC(OCC)[SiH2]C=CN1CCCC1=O. The number of rotatable bonds is 7. The lowest BCUT2D eigenvalue weighted by molar-refractivity contribution is -0.125. The topological polar surface area (TPSA) is 38.8 Å². The third-order valence-electron chi connectivity index (χ3n) is 2.43. The lowest BCUT2D eigenvalue weighted by Gasteiger charge is -2.15. The van der Waals surface area contributed by atoms with Crippen molar-refractivity contribution in [2.45, 2.75) is 32.6 Å². The van der Waals surface area contributed by atoms with Crippen LogP contribution < -0.4 is 0 Å². The number of amides is 1. The van der Waals surface area contributed by atoms with E-state index in [2.05, 4.69) is 5.70 Å². The number of ether oxygens (including phenoxy) is 2. The van der Waals surface area contributed by atoms with Crippen LogP contribution in [0.25, 0.3) is 0 Å². The van der Waals surface area contributed by atoms with Crippen LogP contribution in [0.4, 0.5) is 0 Å². The molecule has 5 heteroatoms. The van der Waals surface area contributed by atoms with Gasteiger partial charge in [-0.1, -0.05) is 5.70 Å². The molecule has 1 aliphatic heterocycles. The molecule has 1 rings (SSSR count). The molecule has 0 aliphatic carbocycles. The first-order chi connectivity index (χ1) is 7.77. The van der Waals surface area contributed by atoms with Crippen LogP contribution >= 0.6 is 0 Å². The maximum atomic E-state index is 11.3. The molecule has 0 aromatic heterocycles. The zero-order valence-corrected chi connectivity index (χ0v) is 11.6. The van der Waals surface area contributed by atoms with Crippen molar-refractivity contribution in [1.29, 1.82) is 0 Å². The second-order valence-electron chi connectivity index (χ2n) is 3.65. The van der Waals surface area contributed by atoms with E-state index in [-0.39, 0.29) is 11.8 Å². The van der Waals surface area contributed by atoms with E-state index in [0.717, 1.165) is 13.0 Å². The molecule has 0 aromatic rings. The molecular formula is C11H21NO3Si. The van der Waals surface area contributed by atoms with Crippen molar-refractivity contribution in [2.24, 2.45) is 0 Å². The minimum absolute atomic E-state index is 0.0519. The largest absolute Gasteiger partial charge is 0.357 e. The fraction of sp³-hybridized carbons (Fsp3) is 0.727. The van der Waals surface area contributed by atoms with E-state index >= 15 is 0 Å². The standard InChI is InChI=1S/C11H21NO3Si/c1-3-14-11(15-4-2)16-9-8-12-7-5-6-10(12)13/h8-9,11H,3-7,16H2,1-2H3. The first-order valence-electron chi connectivity index (χ1n) is 5.97. The quantitative estimate of drug-likeness (QED) is 0.486. The molecule has 0 bridgehead atoms. The van der Waals surface area contributed by atoms with Gasteiger partial charge in [0.2, 0.25) is 5.91 Å². The normalized spacial score (nSPS) is 17.7. The summed E-state index contributed by atoms with van der Waals surface area (Å²) < 4.78 is 10.9. The summed E-state index contributed by atoms with van der Waals surface area (Å²) in [4.78, 5) is 13.1. The van der Waals surface area contributed by atoms with Crippen LogP contribution in [-0.2, 0) is 14.3 Å². The molecule has 1 heterocycles. The molecule has 0 N–H and O–H groups in total. The molecular weight excluding hydrogens is 222 g/mol. The first kappa shape index (κ1) is 13.4. The third-order valence-corrected chi connectivity index (χ3v) is 3.77. The third kappa shape index (κ3) is 4.47. The summed E-state index contributed by atoms with van der Waals surface area (Å²) in [7, 11) is -0.572. The van der Waals surface area contributed by atoms with Crippen molar-refractivity contribution in [3.05, 3.63) is 11.9 Å². The summed E-state index contributed by atoms with van der Waals surface area (Å²) in [6.45, 7) is 6.14. The number of hydrogen-bond acceptors (Lipinski definition) is 3. The van der Waals surface area contributed by atoms with Gasteiger partial charge in [0.05, 0.1) is 0 Å². The molecule has 0 aromatic carbocycles. The molecule has 0 spiro atoms. The Morgan fingerprint density at radius 3 is 2.62 bits per heavy atom. The van der Waals surface area contributed by atoms with Crippen LogP contribution in [0.15, 0.2) is 11.9 Å². The highest BCUT2D eigenvalue weighted by Crippen LogP contribution is 2.09. The molecule has 1 fully saturated rings. The van der Waals surface area contributed by atoms with E-state index in [4.69, 9.17) is 9.47 Å². The van der Waals surface area contributed by atoms with Gasteiger partial charge in [-0.05, 0) is 26.5 Å². The molecule has 92 valence electrons. The molecule has 0 unspecified atom stereocenters. The van der Waals surface area contributed by atoms with Gasteiger partial charge in [-0.2, -0.15) is 0 Å². The van der Waals surface area contributed by atoms with Crippen molar-refractivity contribution in [2.75, 3.05) is 19.8 Å². The van der Waals surface area contributed by atoms with Crippen LogP contribution in [0.1, 0.15) is 26.7 Å². The van der Waals surface area contributed by atoms with Gasteiger partial charge in [0.1, 0.15) is 15.4 Å². The van der Waals surface area contributed by atoms with Gasteiger partial charge in [0.25, 0.3) is 0 Å². The zero-order chi connectivity index (χ0) is 11.8. The Morgan fingerprint density at radius 2 is 2.12 bits per heavy atom. The Labute approximate surface area is 99.4 Å². The van der Waals surface area contributed by atoms with Crippen molar-refractivity contribution in [3.63, 3.8) is 0 Å². The number of hydrogen-bond donors (Lipinski definition) is 0. The fourth-order valence-corrected chi connectivity index (χ4v) is 3.02. The smallest absolute Gasteiger partial charge is 0.226 e. The van der Waals surface area contributed by atoms with E-state index < -0.39 is 9.52 Å². The molecule has 1 amide bonds. The molecule has 4 nitrogen and oxygen atoms in total. The summed E-state index contributed by atoms with van der Waals surface area (Å²) >= 11 is 0. The lowest BCUT2D eigenvalue weighted by atomic mass is 10.4. The van der Waals surface area contributed by atoms with Gasteiger partial charge in [0, 0.05) is 26.2 Å². The van der Waals surface area contributed by atoms with Gasteiger partial charge in [-0.15, -0.1) is 0 Å². The Kier molecular flexibility index (Phi) is 6.36. The minimum atomic E-state index is -0.572.